The fourth-order valence-corrected chi connectivity index (χ4v) is 3.44. The van der Waals surface area contributed by atoms with E-state index in [0.717, 1.165) is 37.4 Å². The zero-order chi connectivity index (χ0) is 15.8. The fraction of sp³-hybridized carbons (Fsp3) is 0.684. The van der Waals surface area contributed by atoms with E-state index in [9.17, 15) is 4.79 Å². The van der Waals surface area contributed by atoms with E-state index >= 15 is 0 Å². The third-order valence-corrected chi connectivity index (χ3v) is 4.97. The van der Waals surface area contributed by atoms with E-state index in [-0.39, 0.29) is 5.92 Å². The Kier molecular flexibility index (Phi) is 6.88. The van der Waals surface area contributed by atoms with Gasteiger partial charge in [0.1, 0.15) is 0 Å². The number of carbonyl (C=O) groups excluding carboxylic acids is 1. The standard InChI is InChI=1S/C19H30N2O/c1-3-4-7-16-9-11-17(12-10-16)19(22)21(2)15-13-18-8-5-6-14-20-18/h5-6,8,14,16-17H,3-4,7,9-13,15H2,1-2H3. The Hall–Kier alpha value is -1.38. The summed E-state index contributed by atoms with van der Waals surface area (Å²) >= 11 is 0. The molecule has 1 amide bonds. The van der Waals surface area contributed by atoms with Crippen molar-refractivity contribution in [3.05, 3.63) is 30.1 Å². The highest BCUT2D eigenvalue weighted by atomic mass is 16.2. The Bertz CT molecular complexity index is 438. The number of rotatable bonds is 7. The van der Waals surface area contributed by atoms with E-state index in [2.05, 4.69) is 11.9 Å². The molecule has 1 aromatic rings. The Morgan fingerprint density at radius 3 is 2.68 bits per heavy atom. The van der Waals surface area contributed by atoms with Gasteiger partial charge in [-0.05, 0) is 43.7 Å². The van der Waals surface area contributed by atoms with Gasteiger partial charge in [-0.1, -0.05) is 32.3 Å². The second-order valence-electron chi connectivity index (χ2n) is 6.69. The zero-order valence-electron chi connectivity index (χ0n) is 14.1. The van der Waals surface area contributed by atoms with Crippen molar-refractivity contribution in [2.75, 3.05) is 13.6 Å². The molecule has 22 heavy (non-hydrogen) atoms. The first-order valence-corrected chi connectivity index (χ1v) is 8.85. The molecule has 0 N–H and O–H groups in total. The molecule has 0 aliphatic heterocycles. The SMILES string of the molecule is CCCCC1CCC(C(=O)N(C)CCc2ccccn2)CC1. The largest absolute Gasteiger partial charge is 0.345 e. The number of likely N-dealkylation sites (N-methyl/N-ethyl adjacent to an activating group) is 1. The van der Waals surface area contributed by atoms with Crippen LogP contribution in [0.25, 0.3) is 0 Å². The number of nitrogens with zero attached hydrogens (tertiary/aromatic N) is 2. The maximum Gasteiger partial charge on any atom is 0.225 e. The third-order valence-electron chi connectivity index (χ3n) is 4.97. The smallest absolute Gasteiger partial charge is 0.225 e. The number of hydrogen-bond acceptors (Lipinski definition) is 2. The van der Waals surface area contributed by atoms with Gasteiger partial charge >= 0.3 is 0 Å². The number of unbranched alkanes of at least 4 members (excludes halogenated alkanes) is 1. The highest BCUT2D eigenvalue weighted by Gasteiger charge is 2.27. The number of amides is 1. The van der Waals surface area contributed by atoms with Gasteiger partial charge in [0.2, 0.25) is 5.91 Å². The minimum Gasteiger partial charge on any atom is -0.345 e. The van der Waals surface area contributed by atoms with Crippen LogP contribution in [0.4, 0.5) is 0 Å². The maximum absolute atomic E-state index is 12.5. The Labute approximate surface area is 135 Å². The van der Waals surface area contributed by atoms with E-state index in [0.29, 0.717) is 5.91 Å². The molecule has 2 rings (SSSR count). The van der Waals surface area contributed by atoms with Crippen molar-refractivity contribution in [3.8, 4) is 0 Å². The van der Waals surface area contributed by atoms with Gasteiger partial charge in [0.15, 0.2) is 0 Å². The van der Waals surface area contributed by atoms with Crippen molar-refractivity contribution in [1.29, 1.82) is 0 Å². The maximum atomic E-state index is 12.5. The van der Waals surface area contributed by atoms with Crippen molar-refractivity contribution in [2.45, 2.75) is 58.3 Å². The number of hydrogen-bond donors (Lipinski definition) is 0. The lowest BCUT2D eigenvalue weighted by atomic mass is 9.79. The molecule has 0 bridgehead atoms. The molecule has 0 aromatic carbocycles. The van der Waals surface area contributed by atoms with Crippen LogP contribution in [0, 0.1) is 11.8 Å². The summed E-state index contributed by atoms with van der Waals surface area (Å²) in [5, 5.41) is 0. The lowest BCUT2D eigenvalue weighted by Crippen LogP contribution is -2.36. The van der Waals surface area contributed by atoms with Crippen molar-refractivity contribution in [2.24, 2.45) is 11.8 Å². The number of aromatic nitrogens is 1. The van der Waals surface area contributed by atoms with E-state index in [1.165, 1.54) is 32.1 Å². The lowest BCUT2D eigenvalue weighted by molar-refractivity contribution is -0.135. The highest BCUT2D eigenvalue weighted by molar-refractivity contribution is 5.78. The quantitative estimate of drug-likeness (QED) is 0.760. The van der Waals surface area contributed by atoms with E-state index in [1.54, 1.807) is 0 Å². The van der Waals surface area contributed by atoms with Gasteiger partial charge in [-0.15, -0.1) is 0 Å². The van der Waals surface area contributed by atoms with Gasteiger partial charge in [0.05, 0.1) is 0 Å². The van der Waals surface area contributed by atoms with Gasteiger partial charge < -0.3 is 4.90 Å². The summed E-state index contributed by atoms with van der Waals surface area (Å²) in [4.78, 5) is 18.8. The molecule has 1 fully saturated rings. The van der Waals surface area contributed by atoms with Gasteiger partial charge in [0.25, 0.3) is 0 Å². The molecule has 1 aliphatic carbocycles. The molecule has 1 heterocycles. The van der Waals surface area contributed by atoms with Crippen LogP contribution in [0.5, 0.6) is 0 Å². The summed E-state index contributed by atoms with van der Waals surface area (Å²) in [6, 6.07) is 5.95. The molecule has 122 valence electrons. The summed E-state index contributed by atoms with van der Waals surface area (Å²) in [5.74, 6) is 1.46. The molecular formula is C19H30N2O. The Morgan fingerprint density at radius 2 is 2.05 bits per heavy atom. The lowest BCUT2D eigenvalue weighted by Gasteiger charge is -2.30. The minimum absolute atomic E-state index is 0.256. The van der Waals surface area contributed by atoms with E-state index < -0.39 is 0 Å². The van der Waals surface area contributed by atoms with Crippen LogP contribution in [0.1, 0.15) is 57.6 Å². The van der Waals surface area contributed by atoms with Crippen LogP contribution in [0.3, 0.4) is 0 Å². The number of carbonyl (C=O) groups is 1. The normalized spacial score (nSPS) is 21.5. The van der Waals surface area contributed by atoms with Crippen molar-refractivity contribution < 1.29 is 4.79 Å². The second-order valence-corrected chi connectivity index (χ2v) is 6.69. The third kappa shape index (κ3) is 5.11. The summed E-state index contributed by atoms with van der Waals surface area (Å²) in [7, 11) is 1.94. The Morgan fingerprint density at radius 1 is 1.27 bits per heavy atom. The zero-order valence-corrected chi connectivity index (χ0v) is 14.1. The van der Waals surface area contributed by atoms with Gasteiger partial charge in [-0.25, -0.2) is 0 Å². The number of pyridine rings is 1. The van der Waals surface area contributed by atoms with Crippen LogP contribution in [0.2, 0.25) is 0 Å². The van der Waals surface area contributed by atoms with E-state index in [4.69, 9.17) is 0 Å². The minimum atomic E-state index is 0.256. The predicted octanol–water partition coefficient (Wildman–Crippen LogP) is 4.08. The van der Waals surface area contributed by atoms with Crippen LogP contribution in [-0.2, 0) is 11.2 Å². The molecule has 1 aromatic heterocycles. The molecule has 1 aliphatic rings. The molecule has 3 heteroatoms. The average Bonchev–Trinajstić information content (AvgIpc) is 2.58. The molecule has 3 nitrogen and oxygen atoms in total. The molecule has 0 radical (unpaired) electrons. The predicted molar refractivity (Wildman–Crippen MR) is 90.6 cm³/mol. The van der Waals surface area contributed by atoms with Crippen LogP contribution < -0.4 is 0 Å². The second kappa shape index (κ2) is 8.92. The Balaban J connectivity index is 1.72. The first kappa shape index (κ1) is 17.0. The molecule has 1 saturated carbocycles. The molecule has 0 spiro atoms. The van der Waals surface area contributed by atoms with Gasteiger partial charge in [-0.2, -0.15) is 0 Å². The fourth-order valence-electron chi connectivity index (χ4n) is 3.44. The summed E-state index contributed by atoms with van der Waals surface area (Å²) in [5.41, 5.74) is 1.06. The van der Waals surface area contributed by atoms with Gasteiger partial charge in [0, 0.05) is 37.8 Å². The van der Waals surface area contributed by atoms with E-state index in [1.807, 2.05) is 36.3 Å². The highest BCUT2D eigenvalue weighted by Crippen LogP contribution is 2.32. The molecule has 0 saturated heterocycles. The molecule has 0 atom stereocenters. The topological polar surface area (TPSA) is 33.2 Å². The van der Waals surface area contributed by atoms with Gasteiger partial charge in [-0.3, -0.25) is 9.78 Å². The summed E-state index contributed by atoms with van der Waals surface area (Å²) in [6.45, 7) is 3.03. The van der Waals surface area contributed by atoms with Crippen LogP contribution in [0.15, 0.2) is 24.4 Å². The first-order chi connectivity index (χ1) is 10.7. The molecule has 0 unspecified atom stereocenters. The summed E-state index contributed by atoms with van der Waals surface area (Å²) in [6.07, 6.45) is 11.3. The average molecular weight is 302 g/mol. The van der Waals surface area contributed by atoms with Crippen LogP contribution in [-0.4, -0.2) is 29.4 Å². The van der Waals surface area contributed by atoms with Crippen molar-refractivity contribution >= 4 is 5.91 Å². The monoisotopic (exact) mass is 302 g/mol. The molecular weight excluding hydrogens is 272 g/mol. The van der Waals surface area contributed by atoms with Crippen LogP contribution >= 0.6 is 0 Å². The van der Waals surface area contributed by atoms with Crippen molar-refractivity contribution in [3.63, 3.8) is 0 Å². The summed E-state index contributed by atoms with van der Waals surface area (Å²) < 4.78 is 0. The van der Waals surface area contributed by atoms with Crippen molar-refractivity contribution in [1.82, 2.24) is 9.88 Å². The first-order valence-electron chi connectivity index (χ1n) is 8.85.